The minimum Gasteiger partial charge on any atom is -0.395 e. The second-order valence-corrected chi connectivity index (χ2v) is 4.73. The Hall–Kier alpha value is -2.51. The molecule has 108 valence electrons. The molecule has 21 heavy (non-hydrogen) atoms. The van der Waals surface area contributed by atoms with Gasteiger partial charge < -0.3 is 15.0 Å². The van der Waals surface area contributed by atoms with Crippen molar-refractivity contribution in [3.05, 3.63) is 53.3 Å². The number of aromatic nitrogens is 1. The van der Waals surface area contributed by atoms with Crippen molar-refractivity contribution in [1.29, 1.82) is 0 Å². The number of anilines is 1. The molecule has 0 spiro atoms. The zero-order valence-corrected chi connectivity index (χ0v) is 12.2. The van der Waals surface area contributed by atoms with Gasteiger partial charge in [0.15, 0.2) is 0 Å². The summed E-state index contributed by atoms with van der Waals surface area (Å²) in [6, 6.07) is 11.1. The van der Waals surface area contributed by atoms with Crippen molar-refractivity contribution >= 4 is 11.6 Å². The Balaban J connectivity index is 2.13. The Bertz CT molecular complexity index is 705. The van der Waals surface area contributed by atoms with E-state index in [-0.39, 0.29) is 12.5 Å². The average molecular weight is 282 g/mol. The van der Waals surface area contributed by atoms with Crippen LogP contribution in [0.2, 0.25) is 0 Å². The lowest BCUT2D eigenvalue weighted by atomic mass is 10.2. The molecule has 2 N–H and O–H groups in total. The SMILES string of the molecule is Cc1ccc(C(=O)Nc2cccc(C#CCCO)c2)n1C. The van der Waals surface area contributed by atoms with Gasteiger partial charge in [0.25, 0.3) is 5.91 Å². The van der Waals surface area contributed by atoms with Crippen LogP contribution in [0, 0.1) is 18.8 Å². The molecule has 0 aliphatic carbocycles. The number of benzene rings is 1. The molecular formula is C17H18N2O2. The van der Waals surface area contributed by atoms with E-state index >= 15 is 0 Å². The molecule has 0 saturated heterocycles. The maximum absolute atomic E-state index is 12.2. The summed E-state index contributed by atoms with van der Waals surface area (Å²) in [5.41, 5.74) is 3.16. The molecule has 0 bridgehead atoms. The fourth-order valence-electron chi connectivity index (χ4n) is 1.93. The van der Waals surface area contributed by atoms with Gasteiger partial charge >= 0.3 is 0 Å². The monoisotopic (exact) mass is 282 g/mol. The zero-order valence-electron chi connectivity index (χ0n) is 12.2. The van der Waals surface area contributed by atoms with Gasteiger partial charge in [-0.25, -0.2) is 0 Å². The zero-order chi connectivity index (χ0) is 15.2. The van der Waals surface area contributed by atoms with Crippen LogP contribution >= 0.6 is 0 Å². The maximum atomic E-state index is 12.2. The summed E-state index contributed by atoms with van der Waals surface area (Å²) in [6.45, 7) is 2.00. The van der Waals surface area contributed by atoms with Crippen LogP contribution in [0.15, 0.2) is 36.4 Å². The third-order valence-electron chi connectivity index (χ3n) is 3.20. The second kappa shape index (κ2) is 6.78. The van der Waals surface area contributed by atoms with Crippen LogP contribution in [0.25, 0.3) is 0 Å². The Morgan fingerprint density at radius 3 is 2.81 bits per heavy atom. The van der Waals surface area contributed by atoms with Gasteiger partial charge in [0.2, 0.25) is 0 Å². The number of rotatable bonds is 3. The summed E-state index contributed by atoms with van der Waals surface area (Å²) in [5.74, 6) is 5.66. The second-order valence-electron chi connectivity index (χ2n) is 4.73. The number of carbonyl (C=O) groups excluding carboxylic acids is 1. The van der Waals surface area contributed by atoms with Gasteiger partial charge in [-0.1, -0.05) is 17.9 Å². The summed E-state index contributed by atoms with van der Waals surface area (Å²) in [5, 5.41) is 11.6. The van der Waals surface area contributed by atoms with Crippen molar-refractivity contribution in [3.63, 3.8) is 0 Å². The van der Waals surface area contributed by atoms with Crippen LogP contribution in [0.1, 0.15) is 28.2 Å². The summed E-state index contributed by atoms with van der Waals surface area (Å²) in [7, 11) is 1.86. The summed E-state index contributed by atoms with van der Waals surface area (Å²) >= 11 is 0. The topological polar surface area (TPSA) is 54.3 Å². The molecule has 0 aliphatic rings. The van der Waals surface area contributed by atoms with Crippen molar-refractivity contribution in [2.24, 2.45) is 7.05 Å². The highest BCUT2D eigenvalue weighted by atomic mass is 16.2. The third-order valence-corrected chi connectivity index (χ3v) is 3.20. The van der Waals surface area contributed by atoms with Gasteiger partial charge in [-0.3, -0.25) is 4.79 Å². The molecule has 4 heteroatoms. The smallest absolute Gasteiger partial charge is 0.272 e. The largest absolute Gasteiger partial charge is 0.395 e. The molecule has 4 nitrogen and oxygen atoms in total. The van der Waals surface area contributed by atoms with E-state index < -0.39 is 0 Å². The molecule has 1 heterocycles. The highest BCUT2D eigenvalue weighted by Crippen LogP contribution is 2.13. The first-order valence-electron chi connectivity index (χ1n) is 6.75. The van der Waals surface area contributed by atoms with Crippen LogP contribution in [-0.2, 0) is 7.05 Å². The first-order valence-corrected chi connectivity index (χ1v) is 6.75. The molecule has 2 aromatic rings. The number of nitrogens with one attached hydrogen (secondary N) is 1. The number of hydrogen-bond acceptors (Lipinski definition) is 2. The fraction of sp³-hybridized carbons (Fsp3) is 0.235. The number of nitrogens with zero attached hydrogens (tertiary/aromatic N) is 1. The Morgan fingerprint density at radius 2 is 2.14 bits per heavy atom. The summed E-state index contributed by atoms with van der Waals surface area (Å²) in [6.07, 6.45) is 0.444. The van der Waals surface area contributed by atoms with E-state index in [1.807, 2.05) is 48.9 Å². The quantitative estimate of drug-likeness (QED) is 0.849. The molecule has 1 aromatic carbocycles. The van der Waals surface area contributed by atoms with Crippen LogP contribution in [0.3, 0.4) is 0 Å². The lowest BCUT2D eigenvalue weighted by Crippen LogP contribution is -2.16. The van der Waals surface area contributed by atoms with E-state index in [9.17, 15) is 4.79 Å². The van der Waals surface area contributed by atoms with E-state index in [4.69, 9.17) is 5.11 Å². The third kappa shape index (κ3) is 3.74. The Morgan fingerprint density at radius 1 is 1.33 bits per heavy atom. The lowest BCUT2D eigenvalue weighted by molar-refractivity contribution is 0.101. The van der Waals surface area contributed by atoms with Gasteiger partial charge in [-0.05, 0) is 37.3 Å². The predicted octanol–water partition coefficient (Wildman–Crippen LogP) is 2.32. The molecule has 0 radical (unpaired) electrons. The van der Waals surface area contributed by atoms with Gasteiger partial charge in [0, 0.05) is 30.4 Å². The van der Waals surface area contributed by atoms with Crippen molar-refractivity contribution in [1.82, 2.24) is 4.57 Å². The predicted molar refractivity (Wildman–Crippen MR) is 83.1 cm³/mol. The molecule has 0 unspecified atom stereocenters. The van der Waals surface area contributed by atoms with Gasteiger partial charge in [0.05, 0.1) is 6.61 Å². The van der Waals surface area contributed by atoms with Gasteiger partial charge in [-0.2, -0.15) is 0 Å². The number of aryl methyl sites for hydroxylation is 1. The van der Waals surface area contributed by atoms with Crippen molar-refractivity contribution in [2.45, 2.75) is 13.3 Å². The molecule has 0 aliphatic heterocycles. The number of aliphatic hydroxyl groups is 1. The molecule has 0 saturated carbocycles. The van der Waals surface area contributed by atoms with E-state index in [1.165, 1.54) is 0 Å². The number of amides is 1. The molecule has 2 rings (SSSR count). The number of aliphatic hydroxyl groups excluding tert-OH is 1. The average Bonchev–Trinajstić information content (AvgIpc) is 2.80. The Labute approximate surface area is 124 Å². The minimum atomic E-state index is -0.147. The molecule has 0 fully saturated rings. The standard InChI is InChI=1S/C17H18N2O2/c1-13-9-10-16(19(13)2)17(21)18-15-8-5-7-14(12-15)6-3-4-11-20/h5,7-10,12,20H,4,11H2,1-2H3,(H,18,21). The van der Waals surface area contributed by atoms with Gasteiger partial charge in [0.1, 0.15) is 5.69 Å². The van der Waals surface area contributed by atoms with E-state index in [0.717, 1.165) is 11.3 Å². The highest BCUT2D eigenvalue weighted by Gasteiger charge is 2.10. The molecule has 0 atom stereocenters. The van der Waals surface area contributed by atoms with Crippen LogP contribution in [0.4, 0.5) is 5.69 Å². The molecular weight excluding hydrogens is 264 g/mol. The van der Waals surface area contributed by atoms with E-state index in [0.29, 0.717) is 17.8 Å². The Kier molecular flexibility index (Phi) is 4.81. The van der Waals surface area contributed by atoms with Gasteiger partial charge in [-0.15, -0.1) is 0 Å². The van der Waals surface area contributed by atoms with Crippen molar-refractivity contribution < 1.29 is 9.90 Å². The minimum absolute atomic E-state index is 0.0519. The van der Waals surface area contributed by atoms with Crippen LogP contribution in [0.5, 0.6) is 0 Å². The first kappa shape index (κ1) is 14.9. The number of hydrogen-bond donors (Lipinski definition) is 2. The fourth-order valence-corrected chi connectivity index (χ4v) is 1.93. The van der Waals surface area contributed by atoms with E-state index in [2.05, 4.69) is 17.2 Å². The molecule has 1 amide bonds. The number of carbonyl (C=O) groups is 1. The van der Waals surface area contributed by atoms with E-state index in [1.54, 1.807) is 6.07 Å². The van der Waals surface area contributed by atoms with Crippen LogP contribution < -0.4 is 5.32 Å². The van der Waals surface area contributed by atoms with Crippen molar-refractivity contribution in [2.75, 3.05) is 11.9 Å². The highest BCUT2D eigenvalue weighted by molar-refractivity contribution is 6.03. The molecule has 1 aromatic heterocycles. The first-order chi connectivity index (χ1) is 10.1. The van der Waals surface area contributed by atoms with Crippen molar-refractivity contribution in [3.8, 4) is 11.8 Å². The lowest BCUT2D eigenvalue weighted by Gasteiger charge is -2.07. The normalized spacial score (nSPS) is 9.86. The summed E-state index contributed by atoms with van der Waals surface area (Å²) < 4.78 is 1.85. The summed E-state index contributed by atoms with van der Waals surface area (Å²) in [4.78, 5) is 12.2. The van der Waals surface area contributed by atoms with Crippen LogP contribution in [-0.4, -0.2) is 22.2 Å². The maximum Gasteiger partial charge on any atom is 0.272 e.